The average Bonchev–Trinajstić information content (AvgIpc) is 3.06. The van der Waals surface area contributed by atoms with Gasteiger partial charge >= 0.3 is 0 Å². The summed E-state index contributed by atoms with van der Waals surface area (Å²) >= 11 is 1.29. The standard InChI is InChI=1S/C18H20N6OS/c1-2-10-24-16(22-23-18(24)26-12-17(25)21-19)11-20-15-9-5-7-13-6-3-4-8-14(13)15/h2-9,20H,1,10-12,19H2,(H,21,25). The number of allylic oxidation sites excluding steroid dienone is 1. The Kier molecular flexibility index (Phi) is 5.88. The molecule has 0 bridgehead atoms. The topological polar surface area (TPSA) is 97.9 Å². The third-order valence-corrected chi connectivity index (χ3v) is 4.79. The second kappa shape index (κ2) is 8.50. The van der Waals surface area contributed by atoms with E-state index in [-0.39, 0.29) is 11.7 Å². The summed E-state index contributed by atoms with van der Waals surface area (Å²) in [6, 6.07) is 14.3. The van der Waals surface area contributed by atoms with Crippen molar-refractivity contribution in [2.24, 2.45) is 5.84 Å². The van der Waals surface area contributed by atoms with Gasteiger partial charge in [-0.05, 0) is 11.5 Å². The van der Waals surface area contributed by atoms with Gasteiger partial charge in [0.25, 0.3) is 0 Å². The first kappa shape index (κ1) is 18.0. The molecule has 0 saturated heterocycles. The highest BCUT2D eigenvalue weighted by atomic mass is 32.2. The van der Waals surface area contributed by atoms with E-state index in [1.807, 2.05) is 28.8 Å². The Hall–Kier alpha value is -2.84. The number of carbonyl (C=O) groups excluding carboxylic acids is 1. The molecule has 1 aromatic heterocycles. The van der Waals surface area contributed by atoms with Crippen LogP contribution in [0, 0.1) is 0 Å². The Bertz CT molecular complexity index is 918. The van der Waals surface area contributed by atoms with E-state index in [9.17, 15) is 4.79 Å². The van der Waals surface area contributed by atoms with Crippen molar-refractivity contribution in [1.29, 1.82) is 0 Å². The highest BCUT2D eigenvalue weighted by Crippen LogP contribution is 2.24. The number of rotatable bonds is 8. The van der Waals surface area contributed by atoms with Crippen LogP contribution in [-0.4, -0.2) is 26.4 Å². The number of anilines is 1. The molecule has 8 heteroatoms. The summed E-state index contributed by atoms with van der Waals surface area (Å²) in [5.74, 6) is 5.80. The number of fused-ring (bicyclic) bond motifs is 1. The van der Waals surface area contributed by atoms with Gasteiger partial charge in [0, 0.05) is 17.6 Å². The van der Waals surface area contributed by atoms with Gasteiger partial charge in [-0.3, -0.25) is 10.2 Å². The number of thioether (sulfide) groups is 1. The van der Waals surface area contributed by atoms with Crippen molar-refractivity contribution in [3.05, 3.63) is 60.9 Å². The van der Waals surface area contributed by atoms with E-state index < -0.39 is 0 Å². The third kappa shape index (κ3) is 4.04. The van der Waals surface area contributed by atoms with Crippen LogP contribution in [0.5, 0.6) is 0 Å². The van der Waals surface area contributed by atoms with Gasteiger partial charge in [-0.15, -0.1) is 16.8 Å². The monoisotopic (exact) mass is 368 g/mol. The largest absolute Gasteiger partial charge is 0.377 e. The number of amides is 1. The number of hydrogen-bond donors (Lipinski definition) is 3. The quantitative estimate of drug-likeness (QED) is 0.186. The molecule has 1 heterocycles. The van der Waals surface area contributed by atoms with Crippen molar-refractivity contribution in [2.75, 3.05) is 11.1 Å². The van der Waals surface area contributed by atoms with Crippen LogP contribution < -0.4 is 16.6 Å². The van der Waals surface area contributed by atoms with Gasteiger partial charge in [0.1, 0.15) is 0 Å². The minimum Gasteiger partial charge on any atom is -0.377 e. The van der Waals surface area contributed by atoms with E-state index in [2.05, 4.69) is 45.7 Å². The summed E-state index contributed by atoms with van der Waals surface area (Å²) in [6.45, 7) is 4.86. The lowest BCUT2D eigenvalue weighted by atomic mass is 10.1. The second-order valence-corrected chi connectivity index (χ2v) is 6.48. The molecule has 0 aliphatic carbocycles. The first-order valence-electron chi connectivity index (χ1n) is 8.09. The first-order valence-corrected chi connectivity index (χ1v) is 9.08. The minimum absolute atomic E-state index is 0.183. The van der Waals surface area contributed by atoms with Crippen molar-refractivity contribution in [1.82, 2.24) is 20.2 Å². The van der Waals surface area contributed by atoms with Crippen molar-refractivity contribution in [3.63, 3.8) is 0 Å². The summed E-state index contributed by atoms with van der Waals surface area (Å²) in [6.07, 6.45) is 1.78. The van der Waals surface area contributed by atoms with Crippen LogP contribution in [0.2, 0.25) is 0 Å². The Balaban J connectivity index is 1.77. The van der Waals surface area contributed by atoms with Crippen molar-refractivity contribution < 1.29 is 4.79 Å². The number of aromatic nitrogens is 3. The lowest BCUT2D eigenvalue weighted by Gasteiger charge is -2.11. The highest BCUT2D eigenvalue weighted by Gasteiger charge is 2.13. The fourth-order valence-electron chi connectivity index (χ4n) is 2.59. The zero-order valence-electron chi connectivity index (χ0n) is 14.2. The molecule has 0 spiro atoms. The minimum atomic E-state index is -0.265. The van der Waals surface area contributed by atoms with Crippen LogP contribution in [0.25, 0.3) is 10.8 Å². The van der Waals surface area contributed by atoms with E-state index in [0.717, 1.165) is 16.9 Å². The number of nitrogens with two attached hydrogens (primary N) is 1. The molecule has 0 aliphatic rings. The molecule has 0 unspecified atom stereocenters. The van der Waals surface area contributed by atoms with E-state index in [1.165, 1.54) is 17.1 Å². The molecule has 0 radical (unpaired) electrons. The first-order chi connectivity index (χ1) is 12.7. The maximum Gasteiger partial charge on any atom is 0.244 e. The number of nitrogens with zero attached hydrogens (tertiary/aromatic N) is 3. The van der Waals surface area contributed by atoms with Crippen LogP contribution in [-0.2, 0) is 17.9 Å². The van der Waals surface area contributed by atoms with Gasteiger partial charge in [-0.2, -0.15) is 0 Å². The third-order valence-electron chi connectivity index (χ3n) is 3.83. The van der Waals surface area contributed by atoms with Crippen molar-refractivity contribution in [3.8, 4) is 0 Å². The van der Waals surface area contributed by atoms with Crippen LogP contribution in [0.4, 0.5) is 5.69 Å². The molecule has 0 atom stereocenters. The number of nitrogens with one attached hydrogen (secondary N) is 2. The molecular weight excluding hydrogens is 348 g/mol. The molecule has 0 saturated carbocycles. The molecule has 3 rings (SSSR count). The summed E-state index contributed by atoms with van der Waals surface area (Å²) in [7, 11) is 0. The van der Waals surface area contributed by atoms with Gasteiger partial charge in [0.2, 0.25) is 5.91 Å². The molecule has 134 valence electrons. The van der Waals surface area contributed by atoms with Crippen molar-refractivity contribution >= 4 is 34.1 Å². The predicted molar refractivity (Wildman–Crippen MR) is 105 cm³/mol. The van der Waals surface area contributed by atoms with E-state index in [0.29, 0.717) is 18.2 Å². The van der Waals surface area contributed by atoms with E-state index >= 15 is 0 Å². The molecule has 4 N–H and O–H groups in total. The maximum absolute atomic E-state index is 11.3. The molecule has 2 aromatic carbocycles. The van der Waals surface area contributed by atoms with Gasteiger partial charge in [0.05, 0.1) is 12.3 Å². The van der Waals surface area contributed by atoms with Crippen LogP contribution >= 0.6 is 11.8 Å². The molecule has 0 aliphatic heterocycles. The fourth-order valence-corrected chi connectivity index (χ4v) is 3.37. The number of carbonyl (C=O) groups is 1. The number of hydrogen-bond acceptors (Lipinski definition) is 6. The molecule has 26 heavy (non-hydrogen) atoms. The van der Waals surface area contributed by atoms with Gasteiger partial charge in [0.15, 0.2) is 11.0 Å². The zero-order chi connectivity index (χ0) is 18.4. The summed E-state index contributed by atoms with van der Waals surface area (Å²) < 4.78 is 1.93. The summed E-state index contributed by atoms with van der Waals surface area (Å²) in [4.78, 5) is 11.3. The smallest absolute Gasteiger partial charge is 0.244 e. The highest BCUT2D eigenvalue weighted by molar-refractivity contribution is 7.99. The molecule has 3 aromatic rings. The van der Waals surface area contributed by atoms with Crippen molar-refractivity contribution in [2.45, 2.75) is 18.2 Å². The lowest BCUT2D eigenvalue weighted by Crippen LogP contribution is -2.31. The Labute approximate surface area is 155 Å². The van der Waals surface area contributed by atoms with Gasteiger partial charge in [-0.25, -0.2) is 5.84 Å². The van der Waals surface area contributed by atoms with Crippen LogP contribution in [0.15, 0.2) is 60.3 Å². The lowest BCUT2D eigenvalue weighted by molar-refractivity contribution is -0.118. The SMILES string of the molecule is C=CCn1c(CNc2cccc3ccccc23)nnc1SCC(=O)NN. The van der Waals surface area contributed by atoms with E-state index in [1.54, 1.807) is 6.08 Å². The Morgan fingerprint density at radius 2 is 2.04 bits per heavy atom. The summed E-state index contributed by atoms with van der Waals surface area (Å²) in [5, 5.41) is 14.8. The molecular formula is C18H20N6OS. The van der Waals surface area contributed by atoms with Crippen LogP contribution in [0.1, 0.15) is 5.82 Å². The normalized spacial score (nSPS) is 10.7. The second-order valence-electron chi connectivity index (χ2n) is 5.53. The molecule has 7 nitrogen and oxygen atoms in total. The number of hydrazine groups is 1. The fraction of sp³-hybridized carbons (Fsp3) is 0.167. The molecule has 1 amide bonds. The average molecular weight is 368 g/mol. The molecule has 0 fully saturated rings. The van der Waals surface area contributed by atoms with Gasteiger partial charge < -0.3 is 9.88 Å². The summed E-state index contributed by atoms with van der Waals surface area (Å²) in [5.41, 5.74) is 3.14. The Morgan fingerprint density at radius 1 is 1.23 bits per heavy atom. The zero-order valence-corrected chi connectivity index (χ0v) is 15.0. The maximum atomic E-state index is 11.3. The van der Waals surface area contributed by atoms with E-state index in [4.69, 9.17) is 5.84 Å². The predicted octanol–water partition coefficient (Wildman–Crippen LogP) is 2.31. The Morgan fingerprint density at radius 3 is 2.85 bits per heavy atom. The van der Waals surface area contributed by atoms with Crippen LogP contribution in [0.3, 0.4) is 0 Å². The number of benzene rings is 2. The van der Waals surface area contributed by atoms with Gasteiger partial charge in [-0.1, -0.05) is 54.2 Å².